The molecular weight excluding hydrogens is 232 g/mol. The molecule has 1 amide bonds. The molecule has 0 atom stereocenters. The van der Waals surface area contributed by atoms with Crippen LogP contribution in [-0.2, 0) is 12.8 Å². The average Bonchev–Trinajstić information content (AvgIpc) is 3.05. The van der Waals surface area contributed by atoms with E-state index in [0.717, 1.165) is 30.9 Å². The highest BCUT2D eigenvalue weighted by atomic mass is 16.2. The van der Waals surface area contributed by atoms with Gasteiger partial charge in [-0.1, -0.05) is 6.92 Å². The summed E-state index contributed by atoms with van der Waals surface area (Å²) < 4.78 is 0. The van der Waals surface area contributed by atoms with E-state index in [1.165, 1.54) is 0 Å². The van der Waals surface area contributed by atoms with Gasteiger partial charge in [-0.3, -0.25) is 9.89 Å². The molecule has 0 saturated heterocycles. The molecule has 96 valence electrons. The minimum Gasteiger partial charge on any atom is -0.349 e. The van der Waals surface area contributed by atoms with Gasteiger partial charge in [-0.25, -0.2) is 9.97 Å². The van der Waals surface area contributed by atoms with Crippen molar-refractivity contribution in [3.8, 4) is 0 Å². The van der Waals surface area contributed by atoms with E-state index in [9.17, 15) is 4.79 Å². The maximum atomic E-state index is 11.7. The lowest BCUT2D eigenvalue weighted by atomic mass is 10.3. The van der Waals surface area contributed by atoms with Crippen molar-refractivity contribution in [3.05, 3.63) is 29.9 Å². The Balaban J connectivity index is 1.71. The molecule has 0 unspecified atom stereocenters. The maximum Gasteiger partial charge on any atom is 0.290 e. The second-order valence-corrected chi connectivity index (χ2v) is 3.85. The first-order valence-electron chi connectivity index (χ1n) is 5.97. The zero-order chi connectivity index (χ0) is 12.8. The highest BCUT2D eigenvalue weighted by Crippen LogP contribution is 1.95. The van der Waals surface area contributed by atoms with Gasteiger partial charge in [0.15, 0.2) is 0 Å². The number of rotatable bonds is 6. The van der Waals surface area contributed by atoms with Crippen molar-refractivity contribution in [2.45, 2.75) is 26.2 Å². The molecule has 2 aromatic heterocycles. The van der Waals surface area contributed by atoms with E-state index >= 15 is 0 Å². The van der Waals surface area contributed by atoms with Gasteiger partial charge in [-0.2, -0.15) is 0 Å². The summed E-state index contributed by atoms with van der Waals surface area (Å²) in [7, 11) is 0. The summed E-state index contributed by atoms with van der Waals surface area (Å²) in [5.74, 6) is 1.60. The second kappa shape index (κ2) is 5.95. The van der Waals surface area contributed by atoms with E-state index in [-0.39, 0.29) is 11.7 Å². The van der Waals surface area contributed by atoms with Gasteiger partial charge in [-0.05, 0) is 6.42 Å². The Morgan fingerprint density at radius 1 is 1.44 bits per heavy atom. The van der Waals surface area contributed by atoms with Crippen LogP contribution in [0.4, 0.5) is 0 Å². The molecule has 0 aliphatic carbocycles. The Hall–Kier alpha value is -2.18. The molecule has 7 heteroatoms. The molecule has 2 aromatic rings. The number of amides is 1. The van der Waals surface area contributed by atoms with E-state index in [4.69, 9.17) is 0 Å². The van der Waals surface area contributed by atoms with Gasteiger partial charge in [-0.15, -0.1) is 5.10 Å². The fourth-order valence-electron chi connectivity index (χ4n) is 1.53. The normalized spacial score (nSPS) is 10.5. The lowest BCUT2D eigenvalue weighted by molar-refractivity contribution is 0.0943. The number of aromatic amines is 2. The SMILES string of the molecule is CCc1nc(C(=O)NCCCc2ncc[nH]2)n[nH]1. The number of imidazole rings is 1. The van der Waals surface area contributed by atoms with E-state index in [1.807, 2.05) is 6.92 Å². The predicted octanol–water partition coefficient (Wildman–Crippen LogP) is 0.453. The van der Waals surface area contributed by atoms with Crippen LogP contribution in [0.3, 0.4) is 0 Å². The lowest BCUT2D eigenvalue weighted by Gasteiger charge is -2.00. The summed E-state index contributed by atoms with van der Waals surface area (Å²) in [5.41, 5.74) is 0. The summed E-state index contributed by atoms with van der Waals surface area (Å²) in [6.45, 7) is 2.53. The molecule has 0 fully saturated rings. The highest BCUT2D eigenvalue weighted by molar-refractivity contribution is 5.90. The van der Waals surface area contributed by atoms with Crippen LogP contribution < -0.4 is 5.32 Å². The summed E-state index contributed by atoms with van der Waals surface area (Å²) in [4.78, 5) is 22.8. The Morgan fingerprint density at radius 2 is 2.33 bits per heavy atom. The first-order valence-corrected chi connectivity index (χ1v) is 5.97. The number of hydrogen-bond acceptors (Lipinski definition) is 4. The van der Waals surface area contributed by atoms with Crippen molar-refractivity contribution in [2.24, 2.45) is 0 Å². The number of carbonyl (C=O) groups excluding carboxylic acids is 1. The molecule has 2 rings (SSSR count). The van der Waals surface area contributed by atoms with Gasteiger partial charge in [0.2, 0.25) is 5.82 Å². The van der Waals surface area contributed by atoms with Gasteiger partial charge in [0.1, 0.15) is 11.6 Å². The topological polar surface area (TPSA) is 99.3 Å². The number of carbonyl (C=O) groups is 1. The van der Waals surface area contributed by atoms with Gasteiger partial charge in [0, 0.05) is 31.8 Å². The third-order valence-corrected chi connectivity index (χ3v) is 2.50. The molecule has 18 heavy (non-hydrogen) atoms. The summed E-state index contributed by atoms with van der Waals surface area (Å²) in [5, 5.41) is 9.33. The van der Waals surface area contributed by atoms with Crippen molar-refractivity contribution < 1.29 is 4.79 Å². The Morgan fingerprint density at radius 3 is 3.00 bits per heavy atom. The van der Waals surface area contributed by atoms with Crippen molar-refractivity contribution in [2.75, 3.05) is 6.54 Å². The summed E-state index contributed by atoms with van der Waals surface area (Å²) >= 11 is 0. The van der Waals surface area contributed by atoms with Crippen molar-refractivity contribution in [3.63, 3.8) is 0 Å². The standard InChI is InChI=1S/C11H16N6O/c1-2-8-15-10(17-16-8)11(18)14-5-3-4-9-12-6-7-13-9/h6-7H,2-5H2,1H3,(H,12,13)(H,14,18)(H,15,16,17). The number of H-pyrrole nitrogens is 2. The molecule has 3 N–H and O–H groups in total. The number of hydrogen-bond donors (Lipinski definition) is 3. The lowest BCUT2D eigenvalue weighted by Crippen LogP contribution is -2.26. The molecule has 0 aliphatic rings. The minimum absolute atomic E-state index is 0.199. The largest absolute Gasteiger partial charge is 0.349 e. The molecule has 7 nitrogen and oxygen atoms in total. The Labute approximate surface area is 104 Å². The van der Waals surface area contributed by atoms with Crippen LogP contribution >= 0.6 is 0 Å². The molecule has 0 saturated carbocycles. The Kier molecular flexibility index (Phi) is 4.06. The van der Waals surface area contributed by atoms with Crippen LogP contribution in [0.25, 0.3) is 0 Å². The predicted molar refractivity (Wildman–Crippen MR) is 65.0 cm³/mol. The third-order valence-electron chi connectivity index (χ3n) is 2.50. The van der Waals surface area contributed by atoms with Crippen LogP contribution in [-0.4, -0.2) is 37.6 Å². The van der Waals surface area contributed by atoms with Crippen LogP contribution in [0.15, 0.2) is 12.4 Å². The van der Waals surface area contributed by atoms with Crippen LogP contribution in [0.1, 0.15) is 35.6 Å². The second-order valence-electron chi connectivity index (χ2n) is 3.85. The van der Waals surface area contributed by atoms with Crippen LogP contribution in [0, 0.1) is 0 Å². The van der Waals surface area contributed by atoms with Gasteiger partial charge in [0.05, 0.1) is 0 Å². The molecule has 0 spiro atoms. The minimum atomic E-state index is -0.245. The van der Waals surface area contributed by atoms with Gasteiger partial charge >= 0.3 is 0 Å². The number of aryl methyl sites for hydroxylation is 2. The Bertz CT molecular complexity index is 489. The number of aromatic nitrogens is 5. The molecule has 0 aliphatic heterocycles. The molecule has 0 bridgehead atoms. The molecule has 2 heterocycles. The quantitative estimate of drug-likeness (QED) is 0.646. The first-order chi connectivity index (χ1) is 8.79. The number of nitrogens with zero attached hydrogens (tertiary/aromatic N) is 3. The van der Waals surface area contributed by atoms with E-state index in [1.54, 1.807) is 12.4 Å². The maximum absolute atomic E-state index is 11.7. The fraction of sp³-hybridized carbons (Fsp3) is 0.455. The van der Waals surface area contributed by atoms with E-state index in [0.29, 0.717) is 6.54 Å². The van der Waals surface area contributed by atoms with Crippen LogP contribution in [0.2, 0.25) is 0 Å². The zero-order valence-corrected chi connectivity index (χ0v) is 10.2. The summed E-state index contributed by atoms with van der Waals surface area (Å²) in [6, 6.07) is 0. The monoisotopic (exact) mass is 248 g/mol. The molecule has 0 aromatic carbocycles. The molecule has 0 radical (unpaired) electrons. The van der Waals surface area contributed by atoms with E-state index < -0.39 is 0 Å². The van der Waals surface area contributed by atoms with Crippen molar-refractivity contribution >= 4 is 5.91 Å². The van der Waals surface area contributed by atoms with Crippen molar-refractivity contribution in [1.29, 1.82) is 0 Å². The molecular formula is C11H16N6O. The van der Waals surface area contributed by atoms with Gasteiger partial charge in [0.25, 0.3) is 5.91 Å². The average molecular weight is 248 g/mol. The van der Waals surface area contributed by atoms with Crippen LogP contribution in [0.5, 0.6) is 0 Å². The van der Waals surface area contributed by atoms with Crippen molar-refractivity contribution in [1.82, 2.24) is 30.5 Å². The highest BCUT2D eigenvalue weighted by Gasteiger charge is 2.10. The first kappa shape index (κ1) is 12.3. The smallest absolute Gasteiger partial charge is 0.290 e. The van der Waals surface area contributed by atoms with Gasteiger partial charge < -0.3 is 10.3 Å². The zero-order valence-electron chi connectivity index (χ0n) is 10.2. The third kappa shape index (κ3) is 3.16. The summed E-state index contributed by atoms with van der Waals surface area (Å²) in [6.07, 6.45) is 5.87. The van der Waals surface area contributed by atoms with E-state index in [2.05, 4.69) is 30.5 Å². The fourth-order valence-corrected chi connectivity index (χ4v) is 1.53. The number of nitrogens with one attached hydrogen (secondary N) is 3.